The number of carbonyl (C=O) groups excluding carboxylic acids is 1. The molecular formula is C5H4Cl2N2O. The van der Waals surface area contributed by atoms with Crippen molar-refractivity contribution < 1.29 is 4.79 Å². The fourth-order valence-corrected chi connectivity index (χ4v) is 1.01. The molecule has 1 aromatic rings. The Morgan fingerprint density at radius 2 is 2.40 bits per heavy atom. The Hall–Kier alpha value is -0.540. The van der Waals surface area contributed by atoms with Crippen LogP contribution in [0.1, 0.15) is 10.5 Å². The quantitative estimate of drug-likeness (QED) is 0.611. The van der Waals surface area contributed by atoms with Crippen LogP contribution in [0.2, 0.25) is 5.15 Å². The Kier molecular flexibility index (Phi) is 1.97. The van der Waals surface area contributed by atoms with Crippen LogP contribution in [-0.4, -0.2) is 15.0 Å². The first-order valence-electron chi connectivity index (χ1n) is 2.50. The zero-order valence-corrected chi connectivity index (χ0v) is 6.65. The molecule has 0 unspecified atom stereocenters. The van der Waals surface area contributed by atoms with Crippen molar-refractivity contribution in [3.05, 3.63) is 16.9 Å². The van der Waals surface area contributed by atoms with Gasteiger partial charge in [0.25, 0.3) is 5.24 Å². The molecule has 0 spiro atoms. The van der Waals surface area contributed by atoms with Crippen LogP contribution in [0.15, 0.2) is 6.07 Å². The highest BCUT2D eigenvalue weighted by molar-refractivity contribution is 6.67. The van der Waals surface area contributed by atoms with Crippen molar-refractivity contribution in [2.75, 3.05) is 0 Å². The van der Waals surface area contributed by atoms with Gasteiger partial charge in [0.1, 0.15) is 5.69 Å². The molecule has 1 rings (SSSR count). The Balaban J connectivity index is 3.15. The number of aryl methyl sites for hydroxylation is 1. The molecule has 0 amide bonds. The predicted octanol–water partition coefficient (Wildman–Crippen LogP) is 1.45. The average Bonchev–Trinajstić information content (AvgIpc) is 2.10. The van der Waals surface area contributed by atoms with E-state index in [1.807, 2.05) is 0 Å². The van der Waals surface area contributed by atoms with Crippen molar-refractivity contribution in [3.63, 3.8) is 0 Å². The highest BCUT2D eigenvalue weighted by Crippen LogP contribution is 2.09. The van der Waals surface area contributed by atoms with Gasteiger partial charge in [-0.25, -0.2) is 0 Å². The molecule has 1 aromatic heterocycles. The number of aromatic nitrogens is 2. The van der Waals surface area contributed by atoms with E-state index < -0.39 is 5.24 Å². The van der Waals surface area contributed by atoms with Gasteiger partial charge in [0.05, 0.1) is 0 Å². The monoisotopic (exact) mass is 178 g/mol. The molecule has 10 heavy (non-hydrogen) atoms. The molecule has 54 valence electrons. The number of hydrogen-bond acceptors (Lipinski definition) is 2. The van der Waals surface area contributed by atoms with E-state index in [0.29, 0.717) is 5.69 Å². The Morgan fingerprint density at radius 1 is 1.80 bits per heavy atom. The minimum Gasteiger partial charge on any atom is -0.274 e. The van der Waals surface area contributed by atoms with Crippen LogP contribution in [0.25, 0.3) is 0 Å². The predicted molar refractivity (Wildman–Crippen MR) is 38.4 cm³/mol. The lowest BCUT2D eigenvalue weighted by atomic mass is 10.5. The molecule has 0 bridgehead atoms. The largest absolute Gasteiger partial charge is 0.274 e. The number of nitrogens with zero attached hydrogens (tertiary/aromatic N) is 2. The molecule has 0 aliphatic rings. The van der Waals surface area contributed by atoms with E-state index in [2.05, 4.69) is 5.10 Å². The summed E-state index contributed by atoms with van der Waals surface area (Å²) >= 11 is 10.6. The molecule has 0 atom stereocenters. The van der Waals surface area contributed by atoms with Crippen molar-refractivity contribution >= 4 is 28.4 Å². The summed E-state index contributed by atoms with van der Waals surface area (Å²) in [7, 11) is 1.60. The Bertz CT molecular complexity index is 269. The molecule has 0 aliphatic carbocycles. The van der Waals surface area contributed by atoms with Gasteiger partial charge >= 0.3 is 0 Å². The van der Waals surface area contributed by atoms with Gasteiger partial charge in [-0.15, -0.1) is 0 Å². The van der Waals surface area contributed by atoms with Gasteiger partial charge in [0, 0.05) is 13.1 Å². The zero-order chi connectivity index (χ0) is 7.72. The maximum Gasteiger partial charge on any atom is 0.270 e. The van der Waals surface area contributed by atoms with E-state index in [-0.39, 0.29) is 5.15 Å². The second kappa shape index (κ2) is 2.60. The summed E-state index contributed by atoms with van der Waals surface area (Å²) < 4.78 is 1.33. The van der Waals surface area contributed by atoms with Crippen LogP contribution in [0.5, 0.6) is 0 Å². The molecule has 5 heteroatoms. The average molecular weight is 179 g/mol. The number of halogens is 2. The molecule has 3 nitrogen and oxygen atoms in total. The zero-order valence-electron chi connectivity index (χ0n) is 5.14. The van der Waals surface area contributed by atoms with Gasteiger partial charge in [0.2, 0.25) is 0 Å². The van der Waals surface area contributed by atoms with E-state index in [1.165, 1.54) is 10.7 Å². The minimum absolute atomic E-state index is 0.270. The molecule has 0 aliphatic heterocycles. The third kappa shape index (κ3) is 1.30. The van der Waals surface area contributed by atoms with Crippen LogP contribution in [0.4, 0.5) is 0 Å². The first-order valence-corrected chi connectivity index (χ1v) is 3.26. The molecule has 0 saturated carbocycles. The summed E-state index contributed by atoms with van der Waals surface area (Å²) in [6.45, 7) is 0. The van der Waals surface area contributed by atoms with Crippen LogP contribution < -0.4 is 0 Å². The lowest BCUT2D eigenvalue weighted by Gasteiger charge is -1.90. The van der Waals surface area contributed by atoms with E-state index in [9.17, 15) is 4.79 Å². The van der Waals surface area contributed by atoms with E-state index in [4.69, 9.17) is 23.2 Å². The normalized spacial score (nSPS) is 9.90. The second-order valence-corrected chi connectivity index (χ2v) is 2.48. The minimum atomic E-state index is -0.554. The summed E-state index contributed by atoms with van der Waals surface area (Å²) in [6, 6.07) is 1.41. The first kappa shape index (κ1) is 7.57. The number of hydrogen-bond donors (Lipinski definition) is 0. The van der Waals surface area contributed by atoms with Gasteiger partial charge in [-0.2, -0.15) is 5.10 Å². The fraction of sp³-hybridized carbons (Fsp3) is 0.200. The topological polar surface area (TPSA) is 34.9 Å². The fourth-order valence-electron chi connectivity index (χ4n) is 0.616. The highest BCUT2D eigenvalue weighted by Gasteiger charge is 2.08. The van der Waals surface area contributed by atoms with Crippen molar-refractivity contribution in [3.8, 4) is 0 Å². The summed E-state index contributed by atoms with van der Waals surface area (Å²) in [6.07, 6.45) is 0. The van der Waals surface area contributed by atoms with Gasteiger partial charge in [-0.3, -0.25) is 9.48 Å². The summed E-state index contributed by atoms with van der Waals surface area (Å²) in [4.78, 5) is 10.5. The molecule has 1 heterocycles. The Morgan fingerprint density at radius 3 is 2.60 bits per heavy atom. The van der Waals surface area contributed by atoms with Crippen LogP contribution in [0.3, 0.4) is 0 Å². The number of rotatable bonds is 1. The van der Waals surface area contributed by atoms with Crippen LogP contribution in [-0.2, 0) is 7.05 Å². The van der Waals surface area contributed by atoms with Gasteiger partial charge in [-0.05, 0) is 11.6 Å². The third-order valence-electron chi connectivity index (χ3n) is 1.05. The van der Waals surface area contributed by atoms with E-state index in [0.717, 1.165) is 0 Å². The summed E-state index contributed by atoms with van der Waals surface area (Å²) in [5, 5.41) is 3.43. The smallest absolute Gasteiger partial charge is 0.270 e. The SMILES string of the molecule is Cn1nc(Cl)cc1C(=O)Cl. The summed E-state index contributed by atoms with van der Waals surface area (Å²) in [5.74, 6) is 0. The lowest BCUT2D eigenvalue weighted by molar-refractivity contribution is 0.107. The standard InChI is InChI=1S/C5H4Cl2N2O/c1-9-3(5(7)10)2-4(6)8-9/h2H,1H3. The molecular weight excluding hydrogens is 175 g/mol. The third-order valence-corrected chi connectivity index (χ3v) is 1.43. The molecule has 0 N–H and O–H groups in total. The van der Waals surface area contributed by atoms with Crippen molar-refractivity contribution in [2.45, 2.75) is 0 Å². The van der Waals surface area contributed by atoms with Crippen molar-refractivity contribution in [2.24, 2.45) is 7.05 Å². The molecule has 0 saturated heterocycles. The van der Waals surface area contributed by atoms with Crippen molar-refractivity contribution in [1.82, 2.24) is 9.78 Å². The van der Waals surface area contributed by atoms with Gasteiger partial charge < -0.3 is 0 Å². The molecule has 0 fully saturated rings. The van der Waals surface area contributed by atoms with Crippen molar-refractivity contribution in [1.29, 1.82) is 0 Å². The van der Waals surface area contributed by atoms with Crippen LogP contribution >= 0.6 is 23.2 Å². The highest BCUT2D eigenvalue weighted by atomic mass is 35.5. The van der Waals surface area contributed by atoms with Crippen LogP contribution in [0, 0.1) is 0 Å². The molecule has 0 radical (unpaired) electrons. The number of carbonyl (C=O) groups is 1. The van der Waals surface area contributed by atoms with Gasteiger partial charge in [-0.1, -0.05) is 11.6 Å². The van der Waals surface area contributed by atoms with E-state index in [1.54, 1.807) is 7.05 Å². The first-order chi connectivity index (χ1) is 4.61. The van der Waals surface area contributed by atoms with Gasteiger partial charge in [0.15, 0.2) is 5.15 Å². The Labute approximate surface area is 67.5 Å². The maximum atomic E-state index is 10.5. The lowest BCUT2D eigenvalue weighted by Crippen LogP contribution is -2.00. The summed E-state index contributed by atoms with van der Waals surface area (Å²) in [5.41, 5.74) is 0.298. The molecule has 0 aromatic carbocycles. The van der Waals surface area contributed by atoms with E-state index >= 15 is 0 Å². The maximum absolute atomic E-state index is 10.5. The second-order valence-electron chi connectivity index (χ2n) is 1.75.